The number of fused-ring (bicyclic) bond motifs is 1. The molecule has 16 heavy (non-hydrogen) atoms. The summed E-state index contributed by atoms with van der Waals surface area (Å²) in [6, 6.07) is 7.05. The molecule has 2 nitrogen and oxygen atoms in total. The Labute approximate surface area is 102 Å². The second-order valence-electron chi connectivity index (χ2n) is 4.70. The highest BCUT2D eigenvalue weighted by molar-refractivity contribution is 6.30. The first-order chi connectivity index (χ1) is 7.84. The van der Waals surface area contributed by atoms with Crippen molar-refractivity contribution in [3.05, 3.63) is 28.8 Å². The van der Waals surface area contributed by atoms with E-state index < -0.39 is 0 Å². The van der Waals surface area contributed by atoms with Crippen LogP contribution in [0.1, 0.15) is 18.4 Å². The van der Waals surface area contributed by atoms with Crippen LogP contribution in [0.2, 0.25) is 5.02 Å². The zero-order valence-corrected chi connectivity index (χ0v) is 10.1. The fourth-order valence-corrected chi connectivity index (χ4v) is 3.09. The van der Waals surface area contributed by atoms with Crippen molar-refractivity contribution in [1.29, 1.82) is 0 Å². The molecule has 0 unspecified atom stereocenters. The van der Waals surface area contributed by atoms with E-state index in [2.05, 4.69) is 22.3 Å². The highest BCUT2D eigenvalue weighted by atomic mass is 35.5. The molecule has 1 N–H and O–H groups in total. The minimum atomic E-state index is 0.726. The van der Waals surface area contributed by atoms with Gasteiger partial charge in [-0.05, 0) is 56.1 Å². The van der Waals surface area contributed by atoms with E-state index in [9.17, 15) is 0 Å². The summed E-state index contributed by atoms with van der Waals surface area (Å²) in [6.07, 6.45) is 3.68. The minimum absolute atomic E-state index is 0.726. The number of hydrogen-bond donors (Lipinski definition) is 1. The maximum absolute atomic E-state index is 6.03. The lowest BCUT2D eigenvalue weighted by molar-refractivity contribution is 0.435. The predicted octanol–water partition coefficient (Wildman–Crippen LogP) is 2.45. The molecule has 0 saturated carbocycles. The SMILES string of the molecule is Clc1ccc2c(c1)CCN2C1CCNCC1. The lowest BCUT2D eigenvalue weighted by atomic mass is 10.0. The predicted molar refractivity (Wildman–Crippen MR) is 68.4 cm³/mol. The van der Waals surface area contributed by atoms with Gasteiger partial charge in [-0.3, -0.25) is 0 Å². The van der Waals surface area contributed by atoms with Gasteiger partial charge in [0.15, 0.2) is 0 Å². The lowest BCUT2D eigenvalue weighted by Crippen LogP contribution is -2.42. The molecule has 2 aliphatic rings. The van der Waals surface area contributed by atoms with Crippen LogP contribution in [0.15, 0.2) is 18.2 Å². The Morgan fingerprint density at radius 2 is 2.06 bits per heavy atom. The van der Waals surface area contributed by atoms with Gasteiger partial charge in [0.2, 0.25) is 0 Å². The number of rotatable bonds is 1. The van der Waals surface area contributed by atoms with Gasteiger partial charge in [-0.25, -0.2) is 0 Å². The second-order valence-corrected chi connectivity index (χ2v) is 5.13. The molecule has 0 aromatic heterocycles. The van der Waals surface area contributed by atoms with Crippen molar-refractivity contribution in [3.8, 4) is 0 Å². The molecule has 86 valence electrons. The second kappa shape index (κ2) is 4.27. The topological polar surface area (TPSA) is 15.3 Å². The van der Waals surface area contributed by atoms with Crippen LogP contribution in [0.5, 0.6) is 0 Å². The summed E-state index contributed by atoms with van der Waals surface area (Å²) in [5, 5.41) is 4.29. The van der Waals surface area contributed by atoms with E-state index in [1.807, 2.05) is 6.07 Å². The Hall–Kier alpha value is -0.730. The molecule has 0 aliphatic carbocycles. The molecule has 1 saturated heterocycles. The fourth-order valence-electron chi connectivity index (χ4n) is 2.89. The molecular weight excluding hydrogens is 220 g/mol. The average Bonchev–Trinajstić information content (AvgIpc) is 2.73. The number of benzene rings is 1. The number of anilines is 1. The van der Waals surface area contributed by atoms with E-state index >= 15 is 0 Å². The Kier molecular flexibility index (Phi) is 2.78. The molecule has 2 aliphatic heterocycles. The molecule has 2 heterocycles. The van der Waals surface area contributed by atoms with E-state index in [-0.39, 0.29) is 0 Å². The molecule has 1 fully saturated rings. The van der Waals surface area contributed by atoms with E-state index in [0.29, 0.717) is 0 Å². The molecule has 0 radical (unpaired) electrons. The summed E-state index contributed by atoms with van der Waals surface area (Å²) < 4.78 is 0. The van der Waals surface area contributed by atoms with Crippen LogP contribution in [-0.2, 0) is 6.42 Å². The Morgan fingerprint density at radius 1 is 1.25 bits per heavy atom. The third kappa shape index (κ3) is 1.80. The van der Waals surface area contributed by atoms with Crippen molar-refractivity contribution < 1.29 is 0 Å². The zero-order chi connectivity index (χ0) is 11.0. The fraction of sp³-hybridized carbons (Fsp3) is 0.538. The third-order valence-corrected chi connectivity index (χ3v) is 3.96. The van der Waals surface area contributed by atoms with Crippen molar-refractivity contribution in [3.63, 3.8) is 0 Å². The first kappa shape index (κ1) is 10.4. The normalized spacial score (nSPS) is 21.2. The molecule has 0 bridgehead atoms. The average molecular weight is 237 g/mol. The maximum atomic E-state index is 6.03. The maximum Gasteiger partial charge on any atom is 0.0410 e. The smallest absolute Gasteiger partial charge is 0.0410 e. The summed E-state index contributed by atoms with van der Waals surface area (Å²) in [5.74, 6) is 0. The van der Waals surface area contributed by atoms with Crippen molar-refractivity contribution in [2.45, 2.75) is 25.3 Å². The Balaban J connectivity index is 1.84. The molecule has 3 heteroatoms. The van der Waals surface area contributed by atoms with Gasteiger partial charge in [0.1, 0.15) is 0 Å². The van der Waals surface area contributed by atoms with Gasteiger partial charge in [0.05, 0.1) is 0 Å². The van der Waals surface area contributed by atoms with Crippen molar-refractivity contribution >= 4 is 17.3 Å². The van der Waals surface area contributed by atoms with Crippen LogP contribution in [0.3, 0.4) is 0 Å². The monoisotopic (exact) mass is 236 g/mol. The van der Waals surface area contributed by atoms with Crippen molar-refractivity contribution in [2.24, 2.45) is 0 Å². The van der Waals surface area contributed by atoms with Gasteiger partial charge in [0, 0.05) is 23.3 Å². The van der Waals surface area contributed by atoms with Crippen LogP contribution in [-0.4, -0.2) is 25.7 Å². The summed E-state index contributed by atoms with van der Waals surface area (Å²) >= 11 is 6.03. The van der Waals surface area contributed by atoms with Crippen LogP contribution >= 0.6 is 11.6 Å². The molecule has 3 rings (SSSR count). The van der Waals surface area contributed by atoms with E-state index in [1.54, 1.807) is 0 Å². The van der Waals surface area contributed by atoms with Gasteiger partial charge in [-0.2, -0.15) is 0 Å². The van der Waals surface area contributed by atoms with Crippen molar-refractivity contribution in [1.82, 2.24) is 5.32 Å². The number of piperidine rings is 1. The van der Waals surface area contributed by atoms with Crippen LogP contribution in [0.25, 0.3) is 0 Å². The first-order valence-electron chi connectivity index (χ1n) is 6.10. The number of nitrogens with one attached hydrogen (secondary N) is 1. The number of halogens is 1. The summed E-state index contributed by atoms with van der Waals surface area (Å²) in [6.45, 7) is 3.48. The molecule has 1 aromatic rings. The summed E-state index contributed by atoms with van der Waals surface area (Å²) in [5.41, 5.74) is 2.84. The summed E-state index contributed by atoms with van der Waals surface area (Å²) in [4.78, 5) is 2.58. The number of nitrogens with zero attached hydrogens (tertiary/aromatic N) is 1. The van der Waals surface area contributed by atoms with E-state index in [1.165, 1.54) is 30.6 Å². The quantitative estimate of drug-likeness (QED) is 0.806. The third-order valence-electron chi connectivity index (χ3n) is 3.72. The molecular formula is C13H17ClN2. The Morgan fingerprint density at radius 3 is 2.88 bits per heavy atom. The molecule has 0 atom stereocenters. The van der Waals surface area contributed by atoms with Gasteiger partial charge < -0.3 is 10.2 Å². The molecule has 1 aromatic carbocycles. The highest BCUT2D eigenvalue weighted by Crippen LogP contribution is 2.33. The molecule has 0 spiro atoms. The largest absolute Gasteiger partial charge is 0.368 e. The van der Waals surface area contributed by atoms with Gasteiger partial charge >= 0.3 is 0 Å². The summed E-state index contributed by atoms with van der Waals surface area (Å²) in [7, 11) is 0. The van der Waals surface area contributed by atoms with E-state index in [0.717, 1.165) is 30.6 Å². The van der Waals surface area contributed by atoms with E-state index in [4.69, 9.17) is 11.6 Å². The van der Waals surface area contributed by atoms with Crippen LogP contribution < -0.4 is 10.2 Å². The molecule has 0 amide bonds. The van der Waals surface area contributed by atoms with Gasteiger partial charge in [-0.1, -0.05) is 11.6 Å². The Bertz CT molecular complexity index is 386. The van der Waals surface area contributed by atoms with Crippen molar-refractivity contribution in [2.75, 3.05) is 24.5 Å². The zero-order valence-electron chi connectivity index (χ0n) is 9.38. The van der Waals surface area contributed by atoms with Crippen LogP contribution in [0, 0.1) is 0 Å². The van der Waals surface area contributed by atoms with Gasteiger partial charge in [-0.15, -0.1) is 0 Å². The number of hydrogen-bond acceptors (Lipinski definition) is 2. The first-order valence-corrected chi connectivity index (χ1v) is 6.48. The highest BCUT2D eigenvalue weighted by Gasteiger charge is 2.26. The minimum Gasteiger partial charge on any atom is -0.368 e. The van der Waals surface area contributed by atoms with Gasteiger partial charge in [0.25, 0.3) is 0 Å². The van der Waals surface area contributed by atoms with Crippen LogP contribution in [0.4, 0.5) is 5.69 Å². The standard InChI is InChI=1S/C13H17ClN2/c14-11-1-2-13-10(9-11)5-8-16(13)12-3-6-15-7-4-12/h1-2,9,12,15H,3-8H2. The lowest BCUT2D eigenvalue weighted by Gasteiger charge is -2.33.